The van der Waals surface area contributed by atoms with E-state index in [4.69, 9.17) is 17.5 Å². The molecule has 0 aromatic heterocycles. The van der Waals surface area contributed by atoms with Gasteiger partial charge in [0.2, 0.25) is 0 Å². The van der Waals surface area contributed by atoms with Crippen LogP contribution < -0.4 is 0 Å². The first kappa shape index (κ1) is 22.4. The summed E-state index contributed by atoms with van der Waals surface area (Å²) in [6.07, 6.45) is 0. The summed E-state index contributed by atoms with van der Waals surface area (Å²) in [5.41, 5.74) is 0. The molecule has 41 valence electrons. The van der Waals surface area contributed by atoms with Gasteiger partial charge in [0.15, 0.2) is 0 Å². The standard InChI is InChI=1S/2Na.H2O4S.V.2H/c;;1-5(2,3)4;;;/h;;(H2,1,2,3,4);;;. The van der Waals surface area contributed by atoms with Crippen molar-refractivity contribution in [3.63, 3.8) is 0 Å². The summed E-state index contributed by atoms with van der Waals surface area (Å²) in [6, 6.07) is 0. The Morgan fingerprint density at radius 2 is 1.00 bits per heavy atom. The van der Waals surface area contributed by atoms with Gasteiger partial charge in [-0.2, -0.15) is 8.42 Å². The maximum Gasteiger partial charge on any atom is 0 e. The minimum atomic E-state index is -4.67. The van der Waals surface area contributed by atoms with Crippen LogP contribution in [0, 0.1) is 0 Å². The molecule has 0 fully saturated rings. The molecule has 0 saturated carbocycles. The Morgan fingerprint density at radius 1 is 1.00 bits per heavy atom. The van der Waals surface area contributed by atoms with Gasteiger partial charge in [-0.05, 0) is 0 Å². The molecule has 0 atom stereocenters. The Labute approximate surface area is 104 Å². The van der Waals surface area contributed by atoms with Crippen LogP contribution in [0.1, 0.15) is 0 Å². The molecule has 8 heavy (non-hydrogen) atoms. The number of hydrogen-bond acceptors (Lipinski definition) is 2. The molecule has 0 aliphatic carbocycles. The summed E-state index contributed by atoms with van der Waals surface area (Å²) in [4.78, 5) is 0. The largest absolute Gasteiger partial charge is 0 e. The molecule has 0 aromatic rings. The first-order valence-electron chi connectivity index (χ1n) is 0.698. The van der Waals surface area contributed by atoms with Gasteiger partial charge in [-0.15, -0.1) is 0 Å². The molecule has 1 radical (unpaired) electrons. The van der Waals surface area contributed by atoms with E-state index < -0.39 is 10.4 Å². The molecule has 0 rings (SSSR count). The van der Waals surface area contributed by atoms with Crippen LogP contribution in [0.25, 0.3) is 0 Å². The molecule has 0 spiro atoms. The van der Waals surface area contributed by atoms with Gasteiger partial charge >= 0.3 is 69.5 Å². The average Bonchev–Trinajstić information content (AvgIpc) is 0.722. The summed E-state index contributed by atoms with van der Waals surface area (Å²) in [5.74, 6) is 0. The third-order valence-electron chi connectivity index (χ3n) is 0. The zero-order valence-electron chi connectivity index (χ0n) is 2.57. The van der Waals surface area contributed by atoms with E-state index >= 15 is 0 Å². The van der Waals surface area contributed by atoms with Gasteiger partial charge < -0.3 is 0 Å². The van der Waals surface area contributed by atoms with Crippen LogP contribution in [-0.2, 0) is 29.0 Å². The van der Waals surface area contributed by atoms with E-state index in [1.807, 2.05) is 0 Å². The second-order valence-electron chi connectivity index (χ2n) is 0.448. The van der Waals surface area contributed by atoms with Gasteiger partial charge in [-0.3, -0.25) is 9.11 Å². The molecular formula is H4Na2O4SV. The first-order valence-corrected chi connectivity index (χ1v) is 2.10. The van der Waals surface area contributed by atoms with E-state index in [2.05, 4.69) is 0 Å². The number of hydrogen-bond donors (Lipinski definition) is 2. The minimum absolute atomic E-state index is 0. The summed E-state index contributed by atoms with van der Waals surface area (Å²) >= 11 is 0. The van der Waals surface area contributed by atoms with E-state index in [1.54, 1.807) is 0 Å². The normalized spacial score (nSPS) is 7.25. The Balaban J connectivity index is -0.0000000267. The van der Waals surface area contributed by atoms with Gasteiger partial charge in [0.25, 0.3) is 0 Å². The van der Waals surface area contributed by atoms with Crippen LogP contribution in [0.5, 0.6) is 0 Å². The second-order valence-corrected chi connectivity index (χ2v) is 1.34. The van der Waals surface area contributed by atoms with Gasteiger partial charge in [-0.25, -0.2) is 0 Å². The smallest absolute Gasteiger partial charge is 0 e. The van der Waals surface area contributed by atoms with Crippen molar-refractivity contribution in [1.29, 1.82) is 0 Å². The summed E-state index contributed by atoms with van der Waals surface area (Å²) < 4.78 is 31.6. The Bertz CT molecular complexity index is 97.2. The molecule has 0 unspecified atom stereocenters. The van der Waals surface area contributed by atoms with Crippen molar-refractivity contribution in [1.82, 2.24) is 0 Å². The van der Waals surface area contributed by atoms with Gasteiger partial charge in [0.1, 0.15) is 0 Å². The fourth-order valence-corrected chi connectivity index (χ4v) is 0. The molecule has 0 amide bonds. The van der Waals surface area contributed by atoms with Crippen molar-refractivity contribution in [3.8, 4) is 0 Å². The van der Waals surface area contributed by atoms with Crippen LogP contribution in [0.2, 0.25) is 0 Å². The van der Waals surface area contributed by atoms with E-state index in [1.165, 1.54) is 0 Å². The minimum Gasteiger partial charge on any atom is 0 e. The van der Waals surface area contributed by atoms with Crippen LogP contribution in [0.15, 0.2) is 0 Å². The van der Waals surface area contributed by atoms with E-state index in [9.17, 15) is 0 Å². The first-order chi connectivity index (χ1) is 2.00. The third-order valence-corrected chi connectivity index (χ3v) is 0. The predicted molar refractivity (Wildman–Crippen MR) is 28.5 cm³/mol. The summed E-state index contributed by atoms with van der Waals surface area (Å²) in [6.45, 7) is 0. The van der Waals surface area contributed by atoms with Gasteiger partial charge in [0, 0.05) is 18.6 Å². The molecule has 0 saturated heterocycles. The van der Waals surface area contributed by atoms with Gasteiger partial charge in [0.05, 0.1) is 0 Å². The maximum atomic E-state index is 8.74. The zero-order valence-corrected chi connectivity index (χ0v) is 4.78. The average molecular weight is 197 g/mol. The van der Waals surface area contributed by atoms with Crippen LogP contribution >= 0.6 is 0 Å². The maximum absolute atomic E-state index is 8.74. The zero-order chi connectivity index (χ0) is 4.50. The van der Waals surface area contributed by atoms with Crippen molar-refractivity contribution in [2.45, 2.75) is 0 Å². The fourth-order valence-electron chi connectivity index (χ4n) is 0. The Morgan fingerprint density at radius 3 is 1.00 bits per heavy atom. The molecule has 4 nitrogen and oxygen atoms in total. The monoisotopic (exact) mass is 197 g/mol. The second kappa shape index (κ2) is 9.45. The van der Waals surface area contributed by atoms with Crippen molar-refractivity contribution in [2.24, 2.45) is 0 Å². The van der Waals surface area contributed by atoms with Crippen molar-refractivity contribution in [3.05, 3.63) is 0 Å². The summed E-state index contributed by atoms with van der Waals surface area (Å²) in [5, 5.41) is 0. The van der Waals surface area contributed by atoms with Gasteiger partial charge in [-0.1, -0.05) is 0 Å². The number of rotatable bonds is 0. The molecule has 0 aliphatic heterocycles. The third kappa shape index (κ3) is 78.0. The van der Waals surface area contributed by atoms with E-state index in [0.29, 0.717) is 0 Å². The van der Waals surface area contributed by atoms with Crippen molar-refractivity contribution < 1.29 is 36.1 Å². The molecule has 0 bridgehead atoms. The Hall–Kier alpha value is 2.45. The summed E-state index contributed by atoms with van der Waals surface area (Å²) in [7, 11) is -4.67. The fraction of sp³-hybridized carbons (Fsp3) is 0. The van der Waals surface area contributed by atoms with E-state index in [-0.39, 0.29) is 77.7 Å². The quantitative estimate of drug-likeness (QED) is 0.349. The molecule has 0 aromatic carbocycles. The molecule has 2 N–H and O–H groups in total. The van der Waals surface area contributed by atoms with Crippen LogP contribution in [-0.4, -0.2) is 76.6 Å². The van der Waals surface area contributed by atoms with Crippen molar-refractivity contribution >= 4 is 69.5 Å². The molecule has 8 heteroatoms. The Kier molecular flexibility index (Phi) is 26.5. The topological polar surface area (TPSA) is 74.6 Å². The molecule has 0 aliphatic rings. The predicted octanol–water partition coefficient (Wildman–Crippen LogP) is -1.95. The molecular weight excluding hydrogens is 193 g/mol. The van der Waals surface area contributed by atoms with E-state index in [0.717, 1.165) is 0 Å². The van der Waals surface area contributed by atoms with Crippen molar-refractivity contribution in [2.75, 3.05) is 0 Å². The molecule has 0 heterocycles. The SMILES string of the molecule is O=S(=O)(O)O.[NaH].[NaH].[V]. The van der Waals surface area contributed by atoms with Crippen LogP contribution in [0.4, 0.5) is 0 Å². The van der Waals surface area contributed by atoms with Crippen LogP contribution in [0.3, 0.4) is 0 Å².